The van der Waals surface area contributed by atoms with Crippen LogP contribution in [-0.4, -0.2) is 10.2 Å². The summed E-state index contributed by atoms with van der Waals surface area (Å²) in [5.74, 6) is -0.0905. The largest absolute Gasteiger partial charge is 0.369 e. The van der Waals surface area contributed by atoms with Crippen molar-refractivity contribution in [3.8, 4) is 0 Å². The lowest BCUT2D eigenvalue weighted by Crippen LogP contribution is -2.57. The summed E-state index contributed by atoms with van der Waals surface area (Å²) in [6.45, 7) is 0. The highest BCUT2D eigenvalue weighted by Gasteiger charge is 2.58. The van der Waals surface area contributed by atoms with Gasteiger partial charge in [-0.25, -0.2) is 0 Å². The number of amides is 1. The fraction of sp³-hybridized carbons (Fsp3) is 0.875. The maximum absolute atomic E-state index is 11.1. The monoisotopic (exact) mass is 217 g/mol. The molecule has 0 unspecified atom stereocenters. The number of hydrogen-bond acceptors (Lipinski definition) is 1. The number of hydrogen-bond donors (Lipinski definition) is 1. The number of primary amides is 1. The molecule has 1 amide bonds. The summed E-state index contributed by atoms with van der Waals surface area (Å²) in [4.78, 5) is 11.1. The summed E-state index contributed by atoms with van der Waals surface area (Å²) in [5, 5.41) is 0. The molecule has 0 aromatic rings. The molecular formula is C8H12BrNO. The number of halogens is 1. The van der Waals surface area contributed by atoms with Gasteiger partial charge in [0.15, 0.2) is 0 Å². The van der Waals surface area contributed by atoms with Gasteiger partial charge in [0, 0.05) is 4.32 Å². The van der Waals surface area contributed by atoms with Gasteiger partial charge in [0.2, 0.25) is 5.91 Å². The lowest BCUT2D eigenvalue weighted by Gasteiger charge is -2.56. The predicted molar refractivity (Wildman–Crippen MR) is 46.4 cm³/mol. The molecular weight excluding hydrogens is 206 g/mol. The summed E-state index contributed by atoms with van der Waals surface area (Å²) < 4.78 is 0.278. The van der Waals surface area contributed by atoms with Crippen molar-refractivity contribution in [3.05, 3.63) is 0 Å². The predicted octanol–water partition coefficient (Wildman–Crippen LogP) is 1.57. The zero-order chi connectivity index (χ0) is 8.11. The molecule has 0 spiro atoms. The Morgan fingerprint density at radius 1 is 1.36 bits per heavy atom. The molecule has 2 bridgehead atoms. The van der Waals surface area contributed by atoms with Crippen molar-refractivity contribution in [2.45, 2.75) is 36.4 Å². The summed E-state index contributed by atoms with van der Waals surface area (Å²) in [6, 6.07) is 0. The minimum absolute atomic E-state index is 0.0905. The Morgan fingerprint density at radius 3 is 2.36 bits per heavy atom. The van der Waals surface area contributed by atoms with E-state index < -0.39 is 0 Å². The van der Waals surface area contributed by atoms with Gasteiger partial charge in [0.1, 0.15) is 0 Å². The van der Waals surface area contributed by atoms with Gasteiger partial charge in [0.25, 0.3) is 0 Å². The highest BCUT2D eigenvalue weighted by molar-refractivity contribution is 9.10. The number of nitrogens with two attached hydrogens (primary N) is 1. The summed E-state index contributed by atoms with van der Waals surface area (Å²) in [5.41, 5.74) is 5.22. The molecule has 3 saturated carbocycles. The van der Waals surface area contributed by atoms with Gasteiger partial charge in [-0.05, 0) is 25.7 Å². The standard InChI is InChI=1S/C8H12BrNO/c9-8-3-1-2-7(4-8,5-8)6(10)11/h1-5H2,(H2,10,11). The van der Waals surface area contributed by atoms with Gasteiger partial charge < -0.3 is 5.73 Å². The Kier molecular flexibility index (Phi) is 1.38. The maximum Gasteiger partial charge on any atom is 0.223 e. The molecule has 2 N–H and O–H groups in total. The van der Waals surface area contributed by atoms with Crippen molar-refractivity contribution in [1.29, 1.82) is 0 Å². The third kappa shape index (κ3) is 0.934. The zero-order valence-corrected chi connectivity index (χ0v) is 7.99. The molecule has 3 aliphatic carbocycles. The van der Waals surface area contributed by atoms with Crippen LogP contribution in [-0.2, 0) is 4.79 Å². The molecule has 62 valence electrons. The molecule has 0 aromatic heterocycles. The number of alkyl halides is 1. The third-order valence-corrected chi connectivity index (χ3v) is 4.07. The van der Waals surface area contributed by atoms with Crippen molar-refractivity contribution >= 4 is 21.8 Å². The highest BCUT2D eigenvalue weighted by atomic mass is 79.9. The van der Waals surface area contributed by atoms with Crippen molar-refractivity contribution in [2.75, 3.05) is 0 Å². The fourth-order valence-electron chi connectivity index (χ4n) is 2.56. The van der Waals surface area contributed by atoms with Gasteiger partial charge in [-0.3, -0.25) is 4.79 Å². The van der Waals surface area contributed by atoms with E-state index in [-0.39, 0.29) is 15.6 Å². The smallest absolute Gasteiger partial charge is 0.223 e. The first-order valence-electron chi connectivity index (χ1n) is 4.05. The summed E-state index contributed by atoms with van der Waals surface area (Å²) in [6.07, 6.45) is 5.30. The first kappa shape index (κ1) is 7.59. The van der Waals surface area contributed by atoms with E-state index in [1.807, 2.05) is 0 Å². The second-order valence-electron chi connectivity index (χ2n) is 4.00. The van der Waals surface area contributed by atoms with Crippen LogP contribution in [0.1, 0.15) is 32.1 Å². The van der Waals surface area contributed by atoms with Gasteiger partial charge in [0.05, 0.1) is 5.41 Å². The topological polar surface area (TPSA) is 43.1 Å². The van der Waals surface area contributed by atoms with Crippen LogP contribution < -0.4 is 5.73 Å². The Bertz CT molecular complexity index is 208. The molecule has 0 heterocycles. The van der Waals surface area contributed by atoms with Gasteiger partial charge in [-0.2, -0.15) is 0 Å². The number of fused-ring (bicyclic) bond motifs is 2. The Balaban J connectivity index is 2.16. The quantitative estimate of drug-likeness (QED) is 0.667. The molecule has 0 aromatic carbocycles. The molecule has 0 radical (unpaired) electrons. The van der Waals surface area contributed by atoms with E-state index in [0.29, 0.717) is 0 Å². The van der Waals surface area contributed by atoms with Crippen molar-refractivity contribution in [3.63, 3.8) is 0 Å². The van der Waals surface area contributed by atoms with Crippen LogP contribution in [0.4, 0.5) is 0 Å². The average molecular weight is 218 g/mol. The van der Waals surface area contributed by atoms with E-state index >= 15 is 0 Å². The van der Waals surface area contributed by atoms with E-state index in [1.54, 1.807) is 0 Å². The van der Waals surface area contributed by atoms with Crippen molar-refractivity contribution < 1.29 is 4.79 Å². The van der Waals surface area contributed by atoms with Gasteiger partial charge in [-0.1, -0.05) is 22.4 Å². The van der Waals surface area contributed by atoms with Crippen LogP contribution in [0, 0.1) is 5.41 Å². The first-order valence-corrected chi connectivity index (χ1v) is 4.85. The molecule has 3 fully saturated rings. The molecule has 2 nitrogen and oxygen atoms in total. The fourth-order valence-corrected chi connectivity index (χ4v) is 3.91. The Labute approximate surface area is 74.7 Å². The van der Waals surface area contributed by atoms with Gasteiger partial charge >= 0.3 is 0 Å². The molecule has 0 aliphatic heterocycles. The van der Waals surface area contributed by atoms with Crippen molar-refractivity contribution in [2.24, 2.45) is 11.1 Å². The minimum Gasteiger partial charge on any atom is -0.369 e. The van der Waals surface area contributed by atoms with Crippen molar-refractivity contribution in [1.82, 2.24) is 0 Å². The summed E-state index contributed by atoms with van der Waals surface area (Å²) >= 11 is 3.65. The normalized spacial score (nSPS) is 48.1. The number of carbonyl (C=O) groups is 1. The molecule has 11 heavy (non-hydrogen) atoms. The molecule has 0 saturated heterocycles. The van der Waals surface area contributed by atoms with E-state index in [9.17, 15) is 4.79 Å². The van der Waals surface area contributed by atoms with E-state index in [0.717, 1.165) is 25.7 Å². The second-order valence-corrected chi connectivity index (χ2v) is 5.68. The number of carbonyl (C=O) groups excluding carboxylic acids is 1. The van der Waals surface area contributed by atoms with Crippen LogP contribution in [0.3, 0.4) is 0 Å². The van der Waals surface area contributed by atoms with Gasteiger partial charge in [-0.15, -0.1) is 0 Å². The Morgan fingerprint density at radius 2 is 2.00 bits per heavy atom. The van der Waals surface area contributed by atoms with E-state index in [2.05, 4.69) is 15.9 Å². The zero-order valence-electron chi connectivity index (χ0n) is 6.40. The van der Waals surface area contributed by atoms with Crippen LogP contribution in [0.15, 0.2) is 0 Å². The lowest BCUT2D eigenvalue weighted by atomic mass is 9.54. The molecule has 3 aliphatic rings. The highest BCUT2D eigenvalue weighted by Crippen LogP contribution is 2.62. The lowest BCUT2D eigenvalue weighted by molar-refractivity contribution is -0.138. The van der Waals surface area contributed by atoms with E-state index in [4.69, 9.17) is 5.73 Å². The number of rotatable bonds is 1. The summed E-state index contributed by atoms with van der Waals surface area (Å²) in [7, 11) is 0. The first-order chi connectivity index (χ1) is 5.06. The third-order valence-electron chi connectivity index (χ3n) is 3.11. The maximum atomic E-state index is 11.1. The van der Waals surface area contributed by atoms with E-state index in [1.165, 1.54) is 6.42 Å². The molecule has 3 rings (SSSR count). The second kappa shape index (κ2) is 2.00. The minimum atomic E-state index is -0.123. The molecule has 0 atom stereocenters. The van der Waals surface area contributed by atoms with Crippen LogP contribution in [0.25, 0.3) is 0 Å². The van der Waals surface area contributed by atoms with Crippen LogP contribution >= 0.6 is 15.9 Å². The SMILES string of the molecule is NC(=O)C12CCCC(Br)(C1)C2. The van der Waals surface area contributed by atoms with Crippen LogP contribution in [0.5, 0.6) is 0 Å². The Hall–Kier alpha value is -0.0500. The average Bonchev–Trinajstić information content (AvgIpc) is 1.85. The van der Waals surface area contributed by atoms with Crippen LogP contribution in [0.2, 0.25) is 0 Å². The molecule has 3 heteroatoms.